The fourth-order valence-corrected chi connectivity index (χ4v) is 6.20. The highest BCUT2D eigenvalue weighted by Crippen LogP contribution is 2.46. The van der Waals surface area contributed by atoms with Crippen LogP contribution in [0.25, 0.3) is 21.3 Å². The van der Waals surface area contributed by atoms with E-state index in [0.717, 1.165) is 78.2 Å². The molecule has 3 aliphatic carbocycles. The van der Waals surface area contributed by atoms with Gasteiger partial charge < -0.3 is 9.80 Å². The maximum absolute atomic E-state index is 12.9. The van der Waals surface area contributed by atoms with E-state index in [1.54, 1.807) is 11.3 Å². The van der Waals surface area contributed by atoms with Gasteiger partial charge in [0.15, 0.2) is 0 Å². The molecule has 34 heavy (non-hydrogen) atoms. The van der Waals surface area contributed by atoms with Crippen LogP contribution >= 0.6 is 11.3 Å². The van der Waals surface area contributed by atoms with Gasteiger partial charge in [-0.05, 0) is 68.2 Å². The number of carbonyl (C=O) groups excluding carboxylic acids is 1. The third-order valence-corrected chi connectivity index (χ3v) is 8.64. The van der Waals surface area contributed by atoms with E-state index in [4.69, 9.17) is 4.98 Å². The van der Waals surface area contributed by atoms with E-state index in [9.17, 15) is 10.1 Å². The van der Waals surface area contributed by atoms with Crippen molar-refractivity contribution in [2.45, 2.75) is 50.5 Å². The van der Waals surface area contributed by atoms with Gasteiger partial charge in [0.05, 0.1) is 33.0 Å². The molecule has 6 nitrogen and oxygen atoms in total. The minimum absolute atomic E-state index is 0.257. The molecule has 4 fully saturated rings. The van der Waals surface area contributed by atoms with Crippen molar-refractivity contribution in [3.8, 4) is 17.2 Å². The lowest BCUT2D eigenvalue weighted by Gasteiger charge is -2.43. The molecule has 0 bridgehead atoms. The summed E-state index contributed by atoms with van der Waals surface area (Å²) in [5, 5.41) is 10.1. The second-order valence-electron chi connectivity index (χ2n) is 10.4. The molecule has 0 unspecified atom stereocenters. The lowest BCUT2D eigenvalue weighted by Crippen LogP contribution is -2.57. The van der Waals surface area contributed by atoms with Crippen LogP contribution in [0.2, 0.25) is 0 Å². The van der Waals surface area contributed by atoms with Crippen LogP contribution in [0, 0.1) is 23.2 Å². The number of amides is 1. The predicted molar refractivity (Wildman–Crippen MR) is 133 cm³/mol. The van der Waals surface area contributed by atoms with E-state index in [1.807, 2.05) is 5.51 Å². The lowest BCUT2D eigenvalue weighted by molar-refractivity contribution is -0.135. The molecule has 3 saturated carbocycles. The Bertz CT molecular complexity index is 1330. The summed E-state index contributed by atoms with van der Waals surface area (Å²) in [4.78, 5) is 27.0. The Labute approximate surface area is 203 Å². The van der Waals surface area contributed by atoms with Crippen LogP contribution in [0.15, 0.2) is 29.8 Å². The number of fused-ring (bicyclic) bond motifs is 1. The highest BCUT2D eigenvalue weighted by molar-refractivity contribution is 7.16. The normalized spacial score (nSPS) is 22.7. The molecule has 0 spiro atoms. The number of carbonyl (C=O) groups is 1. The van der Waals surface area contributed by atoms with Crippen molar-refractivity contribution in [3.05, 3.63) is 41.0 Å². The van der Waals surface area contributed by atoms with Gasteiger partial charge in [-0.3, -0.25) is 4.79 Å². The number of hydrogen-bond acceptors (Lipinski definition) is 6. The number of anilines is 1. The number of aromatic nitrogens is 2. The van der Waals surface area contributed by atoms with Gasteiger partial charge in [0.1, 0.15) is 11.9 Å². The monoisotopic (exact) mass is 469 g/mol. The van der Waals surface area contributed by atoms with E-state index < -0.39 is 0 Å². The number of benzene rings is 1. The predicted octanol–water partition coefficient (Wildman–Crippen LogP) is 4.94. The van der Waals surface area contributed by atoms with Gasteiger partial charge in [0.2, 0.25) is 5.91 Å². The van der Waals surface area contributed by atoms with Gasteiger partial charge in [-0.2, -0.15) is 5.26 Å². The van der Waals surface area contributed by atoms with Crippen LogP contribution in [0.5, 0.6) is 0 Å². The molecule has 7 heteroatoms. The summed E-state index contributed by atoms with van der Waals surface area (Å²) >= 11 is 1.64. The minimum Gasteiger partial charge on any atom is -0.352 e. The van der Waals surface area contributed by atoms with E-state index in [0.29, 0.717) is 23.3 Å². The van der Waals surface area contributed by atoms with Crippen molar-refractivity contribution >= 4 is 33.3 Å². The summed E-state index contributed by atoms with van der Waals surface area (Å²) in [6.45, 7) is 2.28. The average Bonchev–Trinajstić information content (AvgIpc) is 3.73. The van der Waals surface area contributed by atoms with E-state index >= 15 is 0 Å². The first-order valence-corrected chi connectivity index (χ1v) is 13.4. The smallest absolute Gasteiger partial charge is 0.226 e. The molecule has 1 aromatic carbocycles. The van der Waals surface area contributed by atoms with Crippen molar-refractivity contribution in [1.82, 2.24) is 14.9 Å². The van der Waals surface area contributed by atoms with Gasteiger partial charge in [0.25, 0.3) is 0 Å². The first kappa shape index (κ1) is 20.4. The minimum atomic E-state index is 0.257. The summed E-state index contributed by atoms with van der Waals surface area (Å²) in [7, 11) is 0. The van der Waals surface area contributed by atoms with Crippen LogP contribution in [0.1, 0.15) is 55.7 Å². The van der Waals surface area contributed by atoms with Gasteiger partial charge >= 0.3 is 0 Å². The zero-order valence-corrected chi connectivity index (χ0v) is 19.9. The number of thiazole rings is 1. The topological polar surface area (TPSA) is 73.1 Å². The van der Waals surface area contributed by atoms with Crippen LogP contribution in [-0.2, 0) is 4.79 Å². The number of rotatable bonds is 5. The number of piperazine rings is 1. The maximum atomic E-state index is 12.9. The highest BCUT2D eigenvalue weighted by Gasteiger charge is 2.45. The summed E-state index contributed by atoms with van der Waals surface area (Å²) in [6.07, 6.45) is 6.83. The molecule has 1 amide bonds. The van der Waals surface area contributed by atoms with Crippen molar-refractivity contribution in [2.75, 3.05) is 24.5 Å². The Kier molecular flexibility index (Phi) is 4.67. The van der Waals surface area contributed by atoms with Crippen LogP contribution < -0.4 is 4.90 Å². The molecule has 1 saturated heterocycles. The molecule has 0 N–H and O–H groups in total. The van der Waals surface area contributed by atoms with Crippen LogP contribution in [0.3, 0.4) is 0 Å². The second-order valence-corrected chi connectivity index (χ2v) is 11.3. The summed E-state index contributed by atoms with van der Waals surface area (Å²) in [6, 6.07) is 11.1. The number of nitrogens with zero attached hydrogens (tertiary/aromatic N) is 5. The van der Waals surface area contributed by atoms with Crippen molar-refractivity contribution in [2.24, 2.45) is 11.8 Å². The molecule has 1 aliphatic heterocycles. The quantitative estimate of drug-likeness (QED) is 0.529. The van der Waals surface area contributed by atoms with Crippen molar-refractivity contribution in [1.29, 1.82) is 5.26 Å². The number of nitriles is 1. The Hall–Kier alpha value is -2.98. The van der Waals surface area contributed by atoms with Gasteiger partial charge in [0, 0.05) is 37.0 Å². The van der Waals surface area contributed by atoms with Crippen LogP contribution in [0.4, 0.5) is 5.82 Å². The summed E-state index contributed by atoms with van der Waals surface area (Å²) in [5.41, 5.74) is 6.85. The Morgan fingerprint density at radius 2 is 1.94 bits per heavy atom. The fourth-order valence-electron chi connectivity index (χ4n) is 5.49. The standard InChI is InChI=1S/C27H27N5OS/c28-13-20-11-21(19-7-8-22-24(12-19)34-15-29-22)25(17-3-4-17)30-26(20)31-9-10-32(27(33)18-5-6-18)23(14-31)16-1-2-16/h7-8,11-12,15-18,23H,1-6,9-10,14H2/t23-/m0/s1. The molecule has 172 valence electrons. The summed E-state index contributed by atoms with van der Waals surface area (Å²) < 4.78 is 1.16. The molecule has 0 radical (unpaired) electrons. The first-order chi connectivity index (χ1) is 16.7. The Morgan fingerprint density at radius 1 is 1.09 bits per heavy atom. The molecule has 7 rings (SSSR count). The fraction of sp³-hybridized carbons (Fsp3) is 0.481. The highest BCUT2D eigenvalue weighted by atomic mass is 32.1. The molecule has 3 heterocycles. The first-order valence-electron chi connectivity index (χ1n) is 12.5. The van der Waals surface area contributed by atoms with E-state index in [-0.39, 0.29) is 12.0 Å². The molecule has 2 aromatic heterocycles. The third kappa shape index (κ3) is 3.56. The Balaban J connectivity index is 1.25. The second kappa shape index (κ2) is 7.78. The van der Waals surface area contributed by atoms with Crippen molar-refractivity contribution < 1.29 is 4.79 Å². The zero-order valence-electron chi connectivity index (χ0n) is 19.1. The lowest BCUT2D eigenvalue weighted by atomic mass is 9.98. The number of pyridine rings is 1. The van der Waals surface area contributed by atoms with Gasteiger partial charge in [-0.25, -0.2) is 9.97 Å². The molecule has 4 aliphatic rings. The van der Waals surface area contributed by atoms with Gasteiger partial charge in [-0.1, -0.05) is 6.07 Å². The van der Waals surface area contributed by atoms with Gasteiger partial charge in [-0.15, -0.1) is 11.3 Å². The van der Waals surface area contributed by atoms with Crippen molar-refractivity contribution in [3.63, 3.8) is 0 Å². The van der Waals surface area contributed by atoms with E-state index in [2.05, 4.69) is 45.1 Å². The van der Waals surface area contributed by atoms with Crippen LogP contribution in [-0.4, -0.2) is 46.5 Å². The largest absolute Gasteiger partial charge is 0.352 e. The molecular formula is C27H27N5OS. The number of hydrogen-bond donors (Lipinski definition) is 0. The summed E-state index contributed by atoms with van der Waals surface area (Å²) in [5.74, 6) is 2.51. The molecular weight excluding hydrogens is 442 g/mol. The van der Waals surface area contributed by atoms with E-state index in [1.165, 1.54) is 12.8 Å². The molecule has 3 aromatic rings. The Morgan fingerprint density at radius 3 is 2.68 bits per heavy atom. The third-order valence-electron chi connectivity index (χ3n) is 7.85. The SMILES string of the molecule is N#Cc1cc(-c2ccc3ncsc3c2)c(C2CC2)nc1N1CCN(C(=O)C2CC2)[C@H](C2CC2)C1. The maximum Gasteiger partial charge on any atom is 0.226 e. The molecule has 1 atom stereocenters. The average molecular weight is 470 g/mol. The zero-order chi connectivity index (χ0) is 22.8.